The summed E-state index contributed by atoms with van der Waals surface area (Å²) in [6.07, 6.45) is 2.89. The van der Waals surface area contributed by atoms with Gasteiger partial charge in [-0.2, -0.15) is 0 Å². The van der Waals surface area contributed by atoms with Crippen molar-refractivity contribution in [3.63, 3.8) is 0 Å². The highest BCUT2D eigenvalue weighted by atomic mass is 79.9. The van der Waals surface area contributed by atoms with Gasteiger partial charge in [0, 0.05) is 14.7 Å². The van der Waals surface area contributed by atoms with Crippen molar-refractivity contribution in [3.8, 4) is 0 Å². The fraction of sp³-hybridized carbons (Fsp3) is 0.222. The van der Waals surface area contributed by atoms with E-state index in [1.807, 2.05) is 12.1 Å². The van der Waals surface area contributed by atoms with Gasteiger partial charge in [0.1, 0.15) is 5.82 Å². The zero-order chi connectivity index (χ0) is 17.3. The molecule has 0 aliphatic heterocycles. The summed E-state index contributed by atoms with van der Waals surface area (Å²) in [7, 11) is 0. The Balaban J connectivity index is 2.01. The highest BCUT2D eigenvalue weighted by molar-refractivity contribution is 9.13. The molecule has 0 N–H and O–H groups in total. The maximum absolute atomic E-state index is 14.2. The molecule has 2 aromatic carbocycles. The molecule has 2 nitrogen and oxygen atoms in total. The van der Waals surface area contributed by atoms with Crippen LogP contribution in [0.25, 0.3) is 11.1 Å². The summed E-state index contributed by atoms with van der Waals surface area (Å²) in [4.78, 5) is 0. The van der Waals surface area contributed by atoms with Crippen LogP contribution in [0.15, 0.2) is 45.3 Å². The molecule has 6 heteroatoms. The molecule has 0 fully saturated rings. The summed E-state index contributed by atoms with van der Waals surface area (Å²) < 4.78 is 37.7. The summed E-state index contributed by atoms with van der Waals surface area (Å²) >= 11 is 4.71. The van der Waals surface area contributed by atoms with Gasteiger partial charge in [-0.1, -0.05) is 29.3 Å². The second kappa shape index (κ2) is 7.60. The average molecular weight is 473 g/mol. The second-order valence-electron chi connectivity index (χ2n) is 5.69. The van der Waals surface area contributed by atoms with Crippen molar-refractivity contribution in [2.45, 2.75) is 25.0 Å². The van der Waals surface area contributed by atoms with Gasteiger partial charge < -0.3 is 4.55 Å². The number of hydrogen-bond donors (Lipinski definition) is 0. The number of rotatable bonds is 4. The monoisotopic (exact) mass is 471 g/mol. The SMILES string of the molecule is O=S([O-])Cc1ccc(C2=C(c3ccc(Br)c(Br)c3)CCC2)cc1F. The van der Waals surface area contributed by atoms with Gasteiger partial charge in [0.25, 0.3) is 0 Å². The van der Waals surface area contributed by atoms with Gasteiger partial charge in [0.2, 0.25) is 0 Å². The Morgan fingerprint density at radius 2 is 1.62 bits per heavy atom. The van der Waals surface area contributed by atoms with E-state index in [-0.39, 0.29) is 11.3 Å². The van der Waals surface area contributed by atoms with Crippen LogP contribution < -0.4 is 0 Å². The van der Waals surface area contributed by atoms with Crippen LogP contribution in [0.1, 0.15) is 36.0 Å². The molecule has 1 aliphatic rings. The Labute approximate surface area is 159 Å². The molecule has 0 amide bonds. The van der Waals surface area contributed by atoms with Gasteiger partial charge in [-0.25, -0.2) is 4.39 Å². The van der Waals surface area contributed by atoms with Crippen molar-refractivity contribution in [1.29, 1.82) is 0 Å². The molecule has 3 rings (SSSR count). The van der Waals surface area contributed by atoms with Crippen molar-refractivity contribution in [2.24, 2.45) is 0 Å². The van der Waals surface area contributed by atoms with Crippen LogP contribution in [0.5, 0.6) is 0 Å². The third-order valence-electron chi connectivity index (χ3n) is 4.16. The van der Waals surface area contributed by atoms with Crippen LogP contribution in [-0.2, 0) is 16.8 Å². The van der Waals surface area contributed by atoms with E-state index >= 15 is 0 Å². The van der Waals surface area contributed by atoms with E-state index in [1.54, 1.807) is 6.07 Å². The lowest BCUT2D eigenvalue weighted by molar-refractivity contribution is 0.533. The predicted molar refractivity (Wildman–Crippen MR) is 102 cm³/mol. The van der Waals surface area contributed by atoms with Crippen LogP contribution >= 0.6 is 31.9 Å². The molecule has 1 atom stereocenters. The van der Waals surface area contributed by atoms with E-state index in [1.165, 1.54) is 11.6 Å². The summed E-state index contributed by atoms with van der Waals surface area (Å²) in [6.45, 7) is 0. The zero-order valence-electron chi connectivity index (χ0n) is 12.7. The summed E-state index contributed by atoms with van der Waals surface area (Å²) in [5.74, 6) is -0.759. The molecule has 0 aromatic heterocycles. The normalized spacial score (nSPS) is 15.8. The Morgan fingerprint density at radius 1 is 1.00 bits per heavy atom. The first kappa shape index (κ1) is 18.0. The molecule has 126 valence electrons. The Kier molecular flexibility index (Phi) is 5.70. The number of hydrogen-bond acceptors (Lipinski definition) is 2. The average Bonchev–Trinajstić information content (AvgIpc) is 3.01. The first-order valence-corrected chi connectivity index (χ1v) is 10.3. The van der Waals surface area contributed by atoms with E-state index in [4.69, 9.17) is 0 Å². The molecule has 0 spiro atoms. The maximum Gasteiger partial charge on any atom is 0.127 e. The van der Waals surface area contributed by atoms with E-state index in [0.717, 1.165) is 44.9 Å². The number of halogens is 3. The van der Waals surface area contributed by atoms with Gasteiger partial charge in [0.15, 0.2) is 0 Å². The molecule has 1 aliphatic carbocycles. The minimum atomic E-state index is -2.29. The smallest absolute Gasteiger partial charge is 0.127 e. The highest BCUT2D eigenvalue weighted by Crippen LogP contribution is 2.41. The Morgan fingerprint density at radius 3 is 2.21 bits per heavy atom. The minimum Gasteiger partial charge on any atom is -0.772 e. The Bertz CT molecular complexity index is 849. The first-order chi connectivity index (χ1) is 11.5. The van der Waals surface area contributed by atoms with Crippen LogP contribution in [0.3, 0.4) is 0 Å². The molecule has 0 radical (unpaired) electrons. The lowest BCUT2D eigenvalue weighted by atomic mass is 9.96. The second-order valence-corrected chi connectivity index (χ2v) is 8.30. The van der Waals surface area contributed by atoms with Crippen molar-refractivity contribution in [2.75, 3.05) is 0 Å². The van der Waals surface area contributed by atoms with Gasteiger partial charge >= 0.3 is 0 Å². The molecule has 0 saturated heterocycles. The molecule has 0 saturated carbocycles. The lowest BCUT2D eigenvalue weighted by Gasteiger charge is -2.12. The Hall–Kier alpha value is -0.820. The van der Waals surface area contributed by atoms with E-state index < -0.39 is 16.9 Å². The van der Waals surface area contributed by atoms with Crippen LogP contribution in [-0.4, -0.2) is 8.76 Å². The van der Waals surface area contributed by atoms with Crippen LogP contribution in [0.2, 0.25) is 0 Å². The fourth-order valence-corrected chi connectivity index (χ4v) is 4.16. The molecule has 1 unspecified atom stereocenters. The molecule has 24 heavy (non-hydrogen) atoms. The van der Waals surface area contributed by atoms with E-state index in [9.17, 15) is 13.2 Å². The third-order valence-corrected chi connectivity index (χ3v) is 6.59. The standard InChI is InChI=1S/C18H15Br2FO2S/c19-16-7-6-11(8-17(16)20)14-2-1-3-15(14)12-4-5-13(10-24(22)23)18(21)9-12/h4-9H,1-3,10H2,(H,22,23)/p-1. The maximum atomic E-state index is 14.2. The van der Waals surface area contributed by atoms with Crippen molar-refractivity contribution in [3.05, 3.63) is 67.9 Å². The van der Waals surface area contributed by atoms with Crippen molar-refractivity contribution < 1.29 is 13.2 Å². The largest absolute Gasteiger partial charge is 0.772 e. The minimum absolute atomic E-state index is 0.207. The molecule has 2 aromatic rings. The third kappa shape index (κ3) is 3.87. The van der Waals surface area contributed by atoms with E-state index in [0.29, 0.717) is 0 Å². The van der Waals surface area contributed by atoms with E-state index in [2.05, 4.69) is 44.0 Å². The van der Waals surface area contributed by atoms with Crippen LogP contribution in [0.4, 0.5) is 4.39 Å². The molecular formula is C18H14Br2FO2S-. The predicted octanol–water partition coefficient (Wildman–Crippen LogP) is 5.82. The highest BCUT2D eigenvalue weighted by Gasteiger charge is 2.19. The summed E-state index contributed by atoms with van der Waals surface area (Å²) in [5, 5.41) is 0. The zero-order valence-corrected chi connectivity index (χ0v) is 16.6. The number of allylic oxidation sites excluding steroid dienone is 2. The van der Waals surface area contributed by atoms with Gasteiger partial charge in [0.05, 0.1) is 0 Å². The van der Waals surface area contributed by atoms with Crippen LogP contribution in [0, 0.1) is 5.82 Å². The molecule has 0 bridgehead atoms. The first-order valence-electron chi connectivity index (χ1n) is 7.48. The van der Waals surface area contributed by atoms with Crippen molar-refractivity contribution >= 4 is 54.1 Å². The topological polar surface area (TPSA) is 40.1 Å². The van der Waals surface area contributed by atoms with Gasteiger partial charge in [-0.3, -0.25) is 4.21 Å². The van der Waals surface area contributed by atoms with Gasteiger partial charge in [-0.15, -0.1) is 0 Å². The summed E-state index contributed by atoms with van der Waals surface area (Å²) in [6, 6.07) is 11.0. The summed E-state index contributed by atoms with van der Waals surface area (Å²) in [5.41, 5.74) is 4.53. The lowest BCUT2D eigenvalue weighted by Crippen LogP contribution is -1.98. The fourth-order valence-electron chi connectivity index (χ4n) is 3.04. The quantitative estimate of drug-likeness (QED) is 0.525. The molecular weight excluding hydrogens is 459 g/mol. The molecule has 0 heterocycles. The number of benzene rings is 2. The van der Waals surface area contributed by atoms with Gasteiger partial charge in [-0.05, 0) is 97.2 Å². The van der Waals surface area contributed by atoms with Crippen molar-refractivity contribution in [1.82, 2.24) is 0 Å².